The Morgan fingerprint density at radius 3 is 1.00 bits per heavy atom. The number of nitrogens with zero attached hydrogens (tertiary/aromatic N) is 1. The average molecular weight is 1150 g/mol. The molecule has 83 heavy (non-hydrogen) atoms. The van der Waals surface area contributed by atoms with Crippen LogP contribution in [0.4, 0.5) is 0 Å². The van der Waals surface area contributed by atoms with Gasteiger partial charge in [0.25, 0.3) is 0 Å². The largest absolute Gasteiger partial charge is 0.545 e. The van der Waals surface area contributed by atoms with Crippen molar-refractivity contribution in [1.29, 1.82) is 0 Å². The van der Waals surface area contributed by atoms with Gasteiger partial charge in [-0.15, -0.1) is 0 Å². The van der Waals surface area contributed by atoms with Crippen LogP contribution in [0.25, 0.3) is 0 Å². The number of carbonyl (C=O) groups is 3. The molecule has 0 aromatic carbocycles. The van der Waals surface area contributed by atoms with Crippen molar-refractivity contribution >= 4 is 17.9 Å². The summed E-state index contributed by atoms with van der Waals surface area (Å²) in [6.07, 6.45) is 92.4. The smallest absolute Gasteiger partial charge is 0.306 e. The van der Waals surface area contributed by atoms with Gasteiger partial charge >= 0.3 is 11.9 Å². The van der Waals surface area contributed by atoms with Crippen molar-refractivity contribution in [3.8, 4) is 0 Å². The quantitative estimate of drug-likeness (QED) is 0.0195. The predicted octanol–water partition coefficient (Wildman–Crippen LogP) is 18.3. The molecule has 0 bridgehead atoms. The monoisotopic (exact) mass is 1150 g/mol. The van der Waals surface area contributed by atoms with Crippen molar-refractivity contribution in [3.63, 3.8) is 0 Å². The number of ether oxygens (including phenoxy) is 4. The van der Waals surface area contributed by atoms with Crippen molar-refractivity contribution < 1.29 is 42.9 Å². The van der Waals surface area contributed by atoms with Gasteiger partial charge in [-0.3, -0.25) is 9.59 Å². The summed E-state index contributed by atoms with van der Waals surface area (Å²) in [7, 11) is 5.89. The normalized spacial score (nSPS) is 14.0. The first-order valence-electron chi connectivity index (χ1n) is 31.9. The average Bonchev–Trinajstić information content (AvgIpc) is 3.46. The Kier molecular flexibility index (Phi) is 58.2. The molecule has 2 unspecified atom stereocenters. The molecule has 464 valence electrons. The van der Waals surface area contributed by atoms with Gasteiger partial charge in [-0.2, -0.15) is 0 Å². The molecule has 0 radical (unpaired) electrons. The van der Waals surface area contributed by atoms with Gasteiger partial charge < -0.3 is 33.3 Å². The van der Waals surface area contributed by atoms with Crippen molar-refractivity contribution in [2.24, 2.45) is 0 Å². The number of esters is 2. The summed E-state index contributed by atoms with van der Waals surface area (Å²) in [6.45, 7) is 4.42. The van der Waals surface area contributed by atoms with Crippen LogP contribution in [0.1, 0.15) is 206 Å². The minimum atomic E-state index is -1.65. The molecule has 0 N–H and O–H groups in total. The molecule has 0 aliphatic rings. The third-order valence-electron chi connectivity index (χ3n) is 12.6. The fourth-order valence-corrected chi connectivity index (χ4v) is 7.83. The lowest BCUT2D eigenvalue weighted by molar-refractivity contribution is -0.870. The summed E-state index contributed by atoms with van der Waals surface area (Å²) in [5, 5.41) is 11.8. The Balaban J connectivity index is 4.31. The molecule has 0 aromatic heterocycles. The van der Waals surface area contributed by atoms with Gasteiger partial charge in [0, 0.05) is 12.8 Å². The molecule has 0 aliphatic heterocycles. The Labute approximate surface area is 507 Å². The van der Waals surface area contributed by atoms with Crippen LogP contribution >= 0.6 is 0 Å². The van der Waals surface area contributed by atoms with Crippen LogP contribution in [0.5, 0.6) is 0 Å². The van der Waals surface area contributed by atoms with Gasteiger partial charge in [0.15, 0.2) is 12.4 Å². The third kappa shape index (κ3) is 63.8. The van der Waals surface area contributed by atoms with E-state index in [1.54, 1.807) is 0 Å². The predicted molar refractivity (Wildman–Crippen MR) is 351 cm³/mol. The summed E-state index contributed by atoms with van der Waals surface area (Å²) in [4.78, 5) is 37.4. The summed E-state index contributed by atoms with van der Waals surface area (Å²) in [6, 6.07) is 0. The first kappa shape index (κ1) is 77.4. The minimum Gasteiger partial charge on any atom is -0.545 e. The highest BCUT2D eigenvalue weighted by Gasteiger charge is 2.22. The molecule has 0 aliphatic carbocycles. The van der Waals surface area contributed by atoms with Crippen molar-refractivity contribution in [2.45, 2.75) is 219 Å². The molecule has 9 nitrogen and oxygen atoms in total. The maximum atomic E-state index is 12.9. The van der Waals surface area contributed by atoms with E-state index in [9.17, 15) is 19.5 Å². The van der Waals surface area contributed by atoms with Crippen molar-refractivity contribution in [2.75, 3.05) is 47.5 Å². The lowest BCUT2D eigenvalue weighted by Crippen LogP contribution is -2.44. The van der Waals surface area contributed by atoms with Crippen LogP contribution in [0.2, 0.25) is 0 Å². The summed E-state index contributed by atoms with van der Waals surface area (Å²) in [5.41, 5.74) is 0. The third-order valence-corrected chi connectivity index (χ3v) is 12.6. The van der Waals surface area contributed by atoms with Crippen molar-refractivity contribution in [3.05, 3.63) is 182 Å². The first-order valence-corrected chi connectivity index (χ1v) is 31.9. The van der Waals surface area contributed by atoms with Crippen molar-refractivity contribution in [1.82, 2.24) is 0 Å². The van der Waals surface area contributed by atoms with Gasteiger partial charge in [0.2, 0.25) is 0 Å². The zero-order valence-corrected chi connectivity index (χ0v) is 52.7. The Morgan fingerprint density at radius 2 is 0.663 bits per heavy atom. The number of carboxylic acids is 1. The standard InChI is InChI=1S/C74H115NO8/c1-6-8-10-12-14-16-18-20-22-24-26-28-30-31-32-33-34-35-36-37-38-39-40-41-43-45-47-49-51-53-55-57-59-61-63-65-72(77)83-70(69-82-74(73(78)79)80-67-66-75(3,4)5)68-81-71(76)64-62-60-58-56-54-52-50-48-46-44-42-29-27-25-23-21-19-17-15-13-11-9-7-2/h8-11,14-17,20-23,26-29,31-32,34-35,37-38,40-41,44,46,50,52,56,58,70,74H,6-7,12-13,18-19,24-25,30,33,36,39,42-43,45,47-49,51,53-55,57,59-69H2,1-5H3/b10-8-,11-9-,16-14-,17-15-,22-20-,23-21-,28-26-,29-27-,32-31-,35-34-,38-37-,41-40-,46-44-,52-50-,58-56-. The molecule has 0 fully saturated rings. The van der Waals surface area contributed by atoms with E-state index in [-0.39, 0.29) is 32.7 Å². The van der Waals surface area contributed by atoms with Crippen LogP contribution < -0.4 is 5.11 Å². The molecule has 0 rings (SSSR count). The topological polar surface area (TPSA) is 111 Å². The Morgan fingerprint density at radius 1 is 0.361 bits per heavy atom. The fourth-order valence-electron chi connectivity index (χ4n) is 7.83. The maximum absolute atomic E-state index is 12.9. The highest BCUT2D eigenvalue weighted by atomic mass is 16.7. The molecule has 0 saturated carbocycles. The lowest BCUT2D eigenvalue weighted by atomic mass is 10.0. The number of rotatable bonds is 56. The molecular weight excluding hydrogens is 1030 g/mol. The van der Waals surface area contributed by atoms with Crippen LogP contribution in [0, 0.1) is 0 Å². The molecule has 9 heteroatoms. The van der Waals surface area contributed by atoms with E-state index in [0.717, 1.165) is 128 Å². The second-order valence-corrected chi connectivity index (χ2v) is 21.6. The summed E-state index contributed by atoms with van der Waals surface area (Å²) >= 11 is 0. The number of carboxylic acid groups (broad SMARTS) is 1. The zero-order valence-electron chi connectivity index (χ0n) is 52.7. The lowest BCUT2D eigenvalue weighted by Gasteiger charge is -2.26. The van der Waals surface area contributed by atoms with Crippen LogP contribution in [0.3, 0.4) is 0 Å². The van der Waals surface area contributed by atoms with E-state index < -0.39 is 30.3 Å². The van der Waals surface area contributed by atoms with E-state index in [1.807, 2.05) is 21.1 Å². The molecule has 0 spiro atoms. The van der Waals surface area contributed by atoms with Gasteiger partial charge in [0.05, 0.1) is 40.3 Å². The number of likely N-dealkylation sites (N-methyl/N-ethyl adjacent to an activating group) is 1. The van der Waals surface area contributed by atoms with E-state index in [2.05, 4.69) is 196 Å². The van der Waals surface area contributed by atoms with Crippen LogP contribution in [-0.4, -0.2) is 82.3 Å². The first-order chi connectivity index (χ1) is 40.6. The highest BCUT2D eigenvalue weighted by Crippen LogP contribution is 2.14. The summed E-state index contributed by atoms with van der Waals surface area (Å²) < 4.78 is 22.6. The molecule has 2 atom stereocenters. The fraction of sp³-hybridized carbons (Fsp3) is 0.554. The number of aliphatic carboxylic acids is 1. The second-order valence-electron chi connectivity index (χ2n) is 21.6. The number of unbranched alkanes of at least 4 members (excludes halogenated alkanes) is 11. The van der Waals surface area contributed by atoms with Gasteiger partial charge in [-0.25, -0.2) is 0 Å². The number of quaternary nitrogens is 1. The minimum absolute atomic E-state index is 0.127. The Bertz CT molecular complexity index is 2010. The van der Waals surface area contributed by atoms with Gasteiger partial charge in [-0.1, -0.05) is 247 Å². The highest BCUT2D eigenvalue weighted by molar-refractivity contribution is 5.70. The molecule has 0 saturated heterocycles. The zero-order chi connectivity index (χ0) is 60.5. The number of hydrogen-bond donors (Lipinski definition) is 0. The number of carbonyl (C=O) groups excluding carboxylic acids is 3. The van der Waals surface area contributed by atoms with Crippen LogP contribution in [0.15, 0.2) is 182 Å². The van der Waals surface area contributed by atoms with Gasteiger partial charge in [0.1, 0.15) is 13.2 Å². The molecular formula is C74H115NO8. The van der Waals surface area contributed by atoms with E-state index >= 15 is 0 Å². The maximum Gasteiger partial charge on any atom is 0.306 e. The van der Waals surface area contributed by atoms with Crippen LogP contribution in [-0.2, 0) is 33.3 Å². The van der Waals surface area contributed by atoms with E-state index in [0.29, 0.717) is 23.9 Å². The van der Waals surface area contributed by atoms with E-state index in [4.69, 9.17) is 18.9 Å². The summed E-state index contributed by atoms with van der Waals surface area (Å²) in [5.74, 6) is -2.39. The van der Waals surface area contributed by atoms with E-state index in [1.165, 1.54) is 38.5 Å². The molecule has 0 aromatic rings. The Hall–Kier alpha value is -5.61. The number of allylic oxidation sites excluding steroid dienone is 30. The SMILES string of the molecule is CC/C=C\C/C=C\C/C=C\C/C=C\C/C=C\C/C=C\C/C=C\C/C=C\CCCCCCCCCCCCC(=O)OC(COC(=O)CCC/C=C\C/C=C\C/C=C\C/C=C\C/C=C\C/C=C\C/C=C\CC)COC(OCC[N+](C)(C)C)C(=O)[O-]. The van der Waals surface area contributed by atoms with Gasteiger partial charge in [-0.05, 0) is 128 Å². The molecule has 0 amide bonds. The molecule has 0 heterocycles. The second kappa shape index (κ2) is 62.4. The number of hydrogen-bond acceptors (Lipinski definition) is 8.